The van der Waals surface area contributed by atoms with Gasteiger partial charge in [0.1, 0.15) is 17.2 Å². The molecule has 1 saturated heterocycles. The molecule has 0 spiro atoms. The van der Waals surface area contributed by atoms with Crippen LogP contribution < -0.4 is 0 Å². The molecule has 0 saturated carbocycles. The third kappa shape index (κ3) is 2.42. The van der Waals surface area contributed by atoms with Crippen LogP contribution in [0.5, 0.6) is 0 Å². The molecule has 90 valence electrons. The lowest BCUT2D eigenvalue weighted by atomic mass is 10.3. The van der Waals surface area contributed by atoms with Crippen LogP contribution in [-0.4, -0.2) is 42.2 Å². The van der Waals surface area contributed by atoms with Gasteiger partial charge in [0, 0.05) is 19.2 Å². The molecule has 1 aromatic heterocycles. The molecule has 1 fully saturated rings. The fourth-order valence-electron chi connectivity index (χ4n) is 1.73. The molecule has 0 bridgehead atoms. The van der Waals surface area contributed by atoms with Crippen molar-refractivity contribution >= 4 is 10.0 Å². The van der Waals surface area contributed by atoms with Gasteiger partial charge in [0.2, 0.25) is 10.0 Å². The van der Waals surface area contributed by atoms with Crippen molar-refractivity contribution in [1.29, 1.82) is 0 Å². The molecule has 6 nitrogen and oxygen atoms in total. The van der Waals surface area contributed by atoms with Crippen LogP contribution in [0.1, 0.15) is 17.9 Å². The molecule has 1 unspecified atom stereocenters. The Balaban J connectivity index is 2.08. The molecular weight excluding hydrogens is 232 g/mol. The zero-order valence-electron chi connectivity index (χ0n) is 8.96. The van der Waals surface area contributed by atoms with Crippen LogP contribution in [0, 0.1) is 6.92 Å². The molecule has 2 rings (SSSR count). The number of nitrogens with zero attached hydrogens (tertiary/aromatic N) is 2. The van der Waals surface area contributed by atoms with E-state index in [4.69, 9.17) is 4.52 Å². The molecule has 1 N–H and O–H groups in total. The summed E-state index contributed by atoms with van der Waals surface area (Å²) >= 11 is 0. The van der Waals surface area contributed by atoms with Crippen molar-refractivity contribution in [2.45, 2.75) is 25.2 Å². The summed E-state index contributed by atoms with van der Waals surface area (Å²) in [6, 6.07) is 1.60. The first-order chi connectivity index (χ1) is 7.47. The van der Waals surface area contributed by atoms with Gasteiger partial charge in [0.15, 0.2) is 0 Å². The number of aryl methyl sites for hydroxylation is 1. The molecular formula is C9H14N2O4S. The minimum absolute atomic E-state index is 0.170. The Hall–Kier alpha value is -0.920. The molecule has 7 heteroatoms. The molecule has 0 radical (unpaired) electrons. The van der Waals surface area contributed by atoms with E-state index in [1.54, 1.807) is 13.0 Å². The summed E-state index contributed by atoms with van der Waals surface area (Å²) in [6.07, 6.45) is -0.0503. The summed E-state index contributed by atoms with van der Waals surface area (Å²) in [5.41, 5.74) is 0.402. The molecule has 0 amide bonds. The van der Waals surface area contributed by atoms with Crippen molar-refractivity contribution in [3.8, 4) is 0 Å². The summed E-state index contributed by atoms with van der Waals surface area (Å²) in [6.45, 7) is 2.27. The van der Waals surface area contributed by atoms with E-state index in [-0.39, 0.29) is 12.3 Å². The number of aliphatic hydroxyl groups is 1. The van der Waals surface area contributed by atoms with Gasteiger partial charge in [-0.25, -0.2) is 8.42 Å². The highest BCUT2D eigenvalue weighted by atomic mass is 32.2. The molecule has 1 aliphatic rings. The maximum absolute atomic E-state index is 11.9. The van der Waals surface area contributed by atoms with Gasteiger partial charge in [-0.3, -0.25) is 0 Å². The second-order valence-electron chi connectivity index (χ2n) is 3.99. The van der Waals surface area contributed by atoms with Crippen molar-refractivity contribution in [1.82, 2.24) is 9.46 Å². The second-order valence-corrected chi connectivity index (χ2v) is 5.95. The molecule has 16 heavy (non-hydrogen) atoms. The van der Waals surface area contributed by atoms with Crippen LogP contribution in [0.15, 0.2) is 10.6 Å². The Morgan fingerprint density at radius 3 is 2.94 bits per heavy atom. The van der Waals surface area contributed by atoms with Crippen molar-refractivity contribution in [2.75, 3.05) is 13.1 Å². The van der Waals surface area contributed by atoms with Crippen molar-refractivity contribution in [3.05, 3.63) is 17.5 Å². The monoisotopic (exact) mass is 246 g/mol. The highest BCUT2D eigenvalue weighted by Gasteiger charge is 2.30. The van der Waals surface area contributed by atoms with Crippen LogP contribution in [0.3, 0.4) is 0 Å². The highest BCUT2D eigenvalue weighted by molar-refractivity contribution is 7.88. The van der Waals surface area contributed by atoms with Crippen molar-refractivity contribution in [3.63, 3.8) is 0 Å². The summed E-state index contributed by atoms with van der Waals surface area (Å²) in [5.74, 6) is 0.420. The smallest absolute Gasteiger partial charge is 0.220 e. The van der Waals surface area contributed by atoms with Crippen LogP contribution in [0.4, 0.5) is 0 Å². The topological polar surface area (TPSA) is 83.6 Å². The summed E-state index contributed by atoms with van der Waals surface area (Å²) < 4.78 is 29.9. The first-order valence-corrected chi connectivity index (χ1v) is 6.66. The third-order valence-corrected chi connectivity index (χ3v) is 4.31. The standard InChI is InChI=1S/C9H14N2O4S/c1-7-4-8(10-15-7)6-16(13,14)11-3-2-9(12)5-11/h4,9,12H,2-3,5-6H2,1H3. The van der Waals surface area contributed by atoms with Crippen molar-refractivity contribution in [2.24, 2.45) is 0 Å². The van der Waals surface area contributed by atoms with Crippen LogP contribution in [0.25, 0.3) is 0 Å². The van der Waals surface area contributed by atoms with Crippen molar-refractivity contribution < 1.29 is 18.0 Å². The number of aromatic nitrogens is 1. The highest BCUT2D eigenvalue weighted by Crippen LogP contribution is 2.17. The van der Waals surface area contributed by atoms with E-state index in [0.29, 0.717) is 24.4 Å². The number of aliphatic hydroxyl groups excluding tert-OH is 1. The Morgan fingerprint density at radius 1 is 1.69 bits per heavy atom. The number of hydrogen-bond acceptors (Lipinski definition) is 5. The largest absolute Gasteiger partial charge is 0.392 e. The fraction of sp³-hybridized carbons (Fsp3) is 0.667. The Morgan fingerprint density at radius 2 is 2.44 bits per heavy atom. The summed E-state index contributed by atoms with van der Waals surface area (Å²) in [5, 5.41) is 12.9. The Kier molecular flexibility index (Phi) is 3.00. The minimum atomic E-state index is -3.38. The molecule has 0 aliphatic carbocycles. The quantitative estimate of drug-likeness (QED) is 0.803. The van der Waals surface area contributed by atoms with Gasteiger partial charge in [-0.2, -0.15) is 4.31 Å². The summed E-state index contributed by atoms with van der Waals surface area (Å²) in [7, 11) is -3.38. The lowest BCUT2D eigenvalue weighted by Crippen LogP contribution is -2.30. The van der Waals surface area contributed by atoms with Crippen LogP contribution in [0.2, 0.25) is 0 Å². The Labute approximate surface area is 93.9 Å². The lowest BCUT2D eigenvalue weighted by molar-refractivity contribution is 0.189. The van der Waals surface area contributed by atoms with E-state index in [2.05, 4.69) is 5.16 Å². The molecule has 1 aromatic rings. The first kappa shape index (κ1) is 11.6. The molecule has 1 atom stereocenters. The fourth-order valence-corrected chi connectivity index (χ4v) is 3.20. The Bertz CT molecular complexity index is 468. The van der Waals surface area contributed by atoms with Crippen LogP contribution >= 0.6 is 0 Å². The van der Waals surface area contributed by atoms with E-state index in [1.165, 1.54) is 4.31 Å². The van der Waals surface area contributed by atoms with E-state index in [1.807, 2.05) is 0 Å². The van der Waals surface area contributed by atoms with Gasteiger partial charge in [-0.15, -0.1) is 0 Å². The van der Waals surface area contributed by atoms with Gasteiger partial charge in [-0.1, -0.05) is 5.16 Å². The average Bonchev–Trinajstić information content (AvgIpc) is 2.75. The van der Waals surface area contributed by atoms with Crippen LogP contribution in [-0.2, 0) is 15.8 Å². The molecule has 2 heterocycles. The van der Waals surface area contributed by atoms with E-state index in [0.717, 1.165) is 0 Å². The minimum Gasteiger partial charge on any atom is -0.392 e. The molecule has 1 aliphatic heterocycles. The van der Waals surface area contributed by atoms with E-state index in [9.17, 15) is 13.5 Å². The zero-order valence-corrected chi connectivity index (χ0v) is 9.77. The van der Waals surface area contributed by atoms with Gasteiger partial charge in [0.05, 0.1) is 6.10 Å². The number of rotatable bonds is 3. The lowest BCUT2D eigenvalue weighted by Gasteiger charge is -2.14. The van der Waals surface area contributed by atoms with E-state index >= 15 is 0 Å². The SMILES string of the molecule is Cc1cc(CS(=O)(=O)N2CCC(O)C2)no1. The second kappa shape index (κ2) is 4.15. The molecule has 0 aromatic carbocycles. The number of hydrogen-bond donors (Lipinski definition) is 1. The maximum atomic E-state index is 11.9. The summed E-state index contributed by atoms with van der Waals surface area (Å²) in [4.78, 5) is 0. The number of β-amino-alcohol motifs (C(OH)–C–C–N with tert-alkyl or cyclic N) is 1. The van der Waals surface area contributed by atoms with Gasteiger partial charge >= 0.3 is 0 Å². The van der Waals surface area contributed by atoms with Gasteiger partial charge in [0.25, 0.3) is 0 Å². The zero-order chi connectivity index (χ0) is 11.8. The third-order valence-electron chi connectivity index (χ3n) is 2.53. The first-order valence-electron chi connectivity index (χ1n) is 5.05. The predicted molar refractivity (Wildman–Crippen MR) is 56.1 cm³/mol. The average molecular weight is 246 g/mol. The van der Waals surface area contributed by atoms with Gasteiger partial charge in [-0.05, 0) is 13.3 Å². The number of sulfonamides is 1. The van der Waals surface area contributed by atoms with E-state index < -0.39 is 16.1 Å². The van der Waals surface area contributed by atoms with Gasteiger partial charge < -0.3 is 9.63 Å². The predicted octanol–water partition coefficient (Wildman–Crippen LogP) is -0.121. The normalized spacial score (nSPS) is 22.8. The maximum Gasteiger partial charge on any atom is 0.220 e.